The van der Waals surface area contributed by atoms with E-state index in [1.54, 1.807) is 0 Å². The summed E-state index contributed by atoms with van der Waals surface area (Å²) in [4.78, 5) is 42.0. The number of carboxylic acids is 3. The van der Waals surface area contributed by atoms with Gasteiger partial charge in [-0.3, -0.25) is 19.3 Å². The number of carbonyl (C=O) groups is 3. The monoisotopic (exact) mass is 608 g/mol. The van der Waals surface area contributed by atoms with Crippen LogP contribution in [0.4, 0.5) is 0 Å². The van der Waals surface area contributed by atoms with Crippen molar-refractivity contribution in [3.05, 3.63) is 0 Å². The fourth-order valence-electron chi connectivity index (χ4n) is 10.1. The third kappa shape index (κ3) is 8.70. The van der Waals surface area contributed by atoms with E-state index >= 15 is 0 Å². The molecule has 10 nitrogen and oxygen atoms in total. The van der Waals surface area contributed by atoms with E-state index in [1.165, 1.54) is 4.90 Å². The average molecular weight is 609 g/mol. The molecule has 0 spiro atoms. The van der Waals surface area contributed by atoms with E-state index in [9.17, 15) is 29.7 Å². The first-order chi connectivity index (χ1) is 19.2. The maximum atomic E-state index is 13.5. The molecule has 0 bridgehead atoms. The number of nitrogens with one attached hydrogen (secondary N) is 3. The summed E-state index contributed by atoms with van der Waals surface area (Å²) < 4.78 is 0. The summed E-state index contributed by atoms with van der Waals surface area (Å²) in [6.45, 7) is 24.4. The number of nitrogens with zero attached hydrogens (tertiary/aromatic N) is 1. The van der Waals surface area contributed by atoms with Gasteiger partial charge < -0.3 is 31.3 Å². The summed E-state index contributed by atoms with van der Waals surface area (Å²) in [6, 6.07) is -3.86. The lowest BCUT2D eigenvalue weighted by molar-refractivity contribution is -0.170. The van der Waals surface area contributed by atoms with Crippen molar-refractivity contribution in [1.29, 1.82) is 0 Å². The van der Waals surface area contributed by atoms with E-state index in [1.807, 2.05) is 83.1 Å². The van der Waals surface area contributed by atoms with E-state index in [-0.39, 0.29) is 0 Å². The van der Waals surface area contributed by atoms with E-state index in [0.29, 0.717) is 38.5 Å². The molecule has 3 saturated heterocycles. The minimum absolute atomic E-state index is 0.416. The minimum atomic E-state index is -1.29. The second-order valence-electron chi connectivity index (χ2n) is 18.0. The topological polar surface area (TPSA) is 151 Å². The van der Waals surface area contributed by atoms with Gasteiger partial charge in [-0.2, -0.15) is 0 Å². The highest BCUT2D eigenvalue weighted by Gasteiger charge is 2.56. The molecule has 0 saturated carbocycles. The number of carboxylic acid groups (broad SMARTS) is 3. The first kappa shape index (κ1) is 35.7. The lowest BCUT2D eigenvalue weighted by Crippen LogP contribution is -2.70. The summed E-state index contributed by atoms with van der Waals surface area (Å²) >= 11 is 0. The van der Waals surface area contributed by atoms with Gasteiger partial charge in [-0.25, -0.2) is 0 Å². The normalized spacial score (nSPS) is 29.0. The quantitative estimate of drug-likeness (QED) is 0.223. The Hall–Kier alpha value is -1.75. The largest absolute Gasteiger partial charge is 0.480 e. The molecular formula is C33H60N4O6. The van der Waals surface area contributed by atoms with Crippen molar-refractivity contribution in [2.75, 3.05) is 0 Å². The van der Waals surface area contributed by atoms with Crippen molar-refractivity contribution in [2.24, 2.45) is 17.8 Å². The number of hydrogen-bond donors (Lipinski definition) is 6. The minimum Gasteiger partial charge on any atom is -0.480 e. The average Bonchev–Trinajstić information content (AvgIpc) is 2.65. The van der Waals surface area contributed by atoms with Crippen LogP contribution in [0.15, 0.2) is 0 Å². The molecule has 3 atom stereocenters. The molecule has 6 N–H and O–H groups in total. The van der Waals surface area contributed by atoms with Crippen LogP contribution < -0.4 is 16.0 Å². The lowest BCUT2D eigenvalue weighted by Gasteiger charge is -2.55. The van der Waals surface area contributed by atoms with Crippen molar-refractivity contribution < 1.29 is 29.7 Å². The van der Waals surface area contributed by atoms with Gasteiger partial charge in [0.15, 0.2) is 0 Å². The zero-order valence-electron chi connectivity index (χ0n) is 28.7. The first-order valence-electron chi connectivity index (χ1n) is 16.0. The Labute approximate surface area is 259 Å². The van der Waals surface area contributed by atoms with Gasteiger partial charge in [-0.05, 0) is 139 Å². The third-order valence-electron chi connectivity index (χ3n) is 9.73. The standard InChI is InChI=1S/C33H60N4O6/c1-28(2)13-19(14-29(3,4)34-28)22(25(38)39)37(23(26(40)41)20-15-30(5,6)35-31(7,8)16-20)24(27(42)43)21-17-32(9,10)36-33(11,12)18-21/h19-24,34-36H,13-18H2,1-12H3,(H,38,39)(H,40,41)(H,42,43). The maximum absolute atomic E-state index is 13.5. The van der Waals surface area contributed by atoms with Crippen LogP contribution in [0.1, 0.15) is 122 Å². The second kappa shape index (κ2) is 11.6. The summed E-state index contributed by atoms with van der Waals surface area (Å²) in [5.41, 5.74) is -2.50. The number of hydrogen-bond acceptors (Lipinski definition) is 7. The van der Waals surface area contributed by atoms with Crippen molar-refractivity contribution in [3.63, 3.8) is 0 Å². The molecule has 0 amide bonds. The molecule has 3 aliphatic heterocycles. The first-order valence-corrected chi connectivity index (χ1v) is 16.0. The summed E-state index contributed by atoms with van der Waals surface area (Å²) in [5.74, 6) is -4.85. The highest BCUT2D eigenvalue weighted by Crippen LogP contribution is 2.45. The van der Waals surface area contributed by atoms with Gasteiger partial charge in [-0.1, -0.05) is 0 Å². The molecule has 3 heterocycles. The van der Waals surface area contributed by atoms with Crippen LogP contribution in [0.25, 0.3) is 0 Å². The Bertz CT molecular complexity index is 900. The molecule has 43 heavy (non-hydrogen) atoms. The summed E-state index contributed by atoms with van der Waals surface area (Å²) in [5, 5.41) is 43.9. The SMILES string of the molecule is CC1(C)CC(C(C(=O)O)N(C(C(=O)O)C2CC(C)(C)NC(C)(C)C2)C(C(=O)O)C2CC(C)(C)NC(C)(C)C2)CC(C)(C)N1. The van der Waals surface area contributed by atoms with E-state index in [0.717, 1.165) is 0 Å². The molecule has 10 heteroatoms. The summed E-state index contributed by atoms with van der Waals surface area (Å²) in [6.07, 6.45) is 2.89. The van der Waals surface area contributed by atoms with Gasteiger partial charge in [0, 0.05) is 33.2 Å². The highest BCUT2D eigenvalue weighted by molar-refractivity contribution is 5.82. The number of piperidine rings is 3. The Balaban J connectivity index is 2.29. The van der Waals surface area contributed by atoms with Crippen LogP contribution >= 0.6 is 0 Å². The molecular weight excluding hydrogens is 548 g/mol. The lowest BCUT2D eigenvalue weighted by atomic mass is 9.68. The Kier molecular flexibility index (Phi) is 9.60. The molecule has 0 radical (unpaired) electrons. The Morgan fingerprint density at radius 1 is 0.465 bits per heavy atom. The Morgan fingerprint density at radius 3 is 0.767 bits per heavy atom. The fourth-order valence-corrected chi connectivity index (χ4v) is 10.1. The van der Waals surface area contributed by atoms with Crippen LogP contribution in [0.2, 0.25) is 0 Å². The van der Waals surface area contributed by atoms with Gasteiger partial charge in [0.25, 0.3) is 0 Å². The maximum Gasteiger partial charge on any atom is 0.321 e. The van der Waals surface area contributed by atoms with Crippen LogP contribution in [0.3, 0.4) is 0 Å². The molecule has 248 valence electrons. The van der Waals surface area contributed by atoms with E-state index in [2.05, 4.69) is 16.0 Å². The van der Waals surface area contributed by atoms with Crippen LogP contribution in [-0.2, 0) is 14.4 Å². The molecule has 0 aromatic carbocycles. The third-order valence-corrected chi connectivity index (χ3v) is 9.73. The second-order valence-corrected chi connectivity index (χ2v) is 18.0. The molecule has 0 aliphatic carbocycles. The zero-order valence-corrected chi connectivity index (χ0v) is 28.7. The van der Waals surface area contributed by atoms with Gasteiger partial charge in [0.1, 0.15) is 18.1 Å². The molecule has 0 aromatic rings. The van der Waals surface area contributed by atoms with E-state index < -0.39 is 87.0 Å². The van der Waals surface area contributed by atoms with Crippen LogP contribution in [0.5, 0.6) is 0 Å². The zero-order chi connectivity index (χ0) is 33.1. The predicted octanol–water partition coefficient (Wildman–Crippen LogP) is 4.32. The van der Waals surface area contributed by atoms with E-state index in [4.69, 9.17) is 0 Å². The van der Waals surface area contributed by atoms with Gasteiger partial charge in [0.05, 0.1) is 0 Å². The van der Waals surface area contributed by atoms with Crippen LogP contribution in [0, 0.1) is 17.8 Å². The van der Waals surface area contributed by atoms with Crippen molar-refractivity contribution in [2.45, 2.75) is 173 Å². The van der Waals surface area contributed by atoms with Crippen molar-refractivity contribution in [3.8, 4) is 0 Å². The van der Waals surface area contributed by atoms with Gasteiger partial charge in [-0.15, -0.1) is 0 Å². The predicted molar refractivity (Wildman–Crippen MR) is 168 cm³/mol. The Morgan fingerprint density at radius 2 is 0.628 bits per heavy atom. The molecule has 3 unspecified atom stereocenters. The number of aliphatic carboxylic acids is 3. The molecule has 3 aliphatic rings. The highest BCUT2D eigenvalue weighted by atomic mass is 16.4. The smallest absolute Gasteiger partial charge is 0.321 e. The molecule has 0 aromatic heterocycles. The van der Waals surface area contributed by atoms with Crippen LogP contribution in [-0.4, -0.2) is 89.5 Å². The van der Waals surface area contributed by atoms with Gasteiger partial charge in [0.2, 0.25) is 0 Å². The number of rotatable bonds is 9. The van der Waals surface area contributed by atoms with Crippen molar-refractivity contribution >= 4 is 17.9 Å². The fraction of sp³-hybridized carbons (Fsp3) is 0.909. The molecule has 3 fully saturated rings. The van der Waals surface area contributed by atoms with Gasteiger partial charge >= 0.3 is 17.9 Å². The summed E-state index contributed by atoms with van der Waals surface area (Å²) in [7, 11) is 0. The molecule has 3 rings (SSSR count). The van der Waals surface area contributed by atoms with Crippen molar-refractivity contribution in [1.82, 2.24) is 20.9 Å².